The highest BCUT2D eigenvalue weighted by Gasteiger charge is 2.22. The van der Waals surface area contributed by atoms with Gasteiger partial charge in [-0.15, -0.1) is 10.2 Å². The molecule has 0 bridgehead atoms. The molecule has 2 aromatic carbocycles. The normalized spacial score (nSPS) is 15.5. The zero-order valence-corrected chi connectivity index (χ0v) is 19.3. The Morgan fingerprint density at radius 3 is 2.56 bits per heavy atom. The summed E-state index contributed by atoms with van der Waals surface area (Å²) in [5.74, 6) is 1.30. The lowest BCUT2D eigenvalue weighted by molar-refractivity contribution is -0.113. The highest BCUT2D eigenvalue weighted by Crippen LogP contribution is 2.28. The predicted molar refractivity (Wildman–Crippen MR) is 123 cm³/mol. The van der Waals surface area contributed by atoms with Crippen LogP contribution < -0.4 is 14.8 Å². The number of benzene rings is 2. The minimum absolute atomic E-state index is 0.0238. The quantitative estimate of drug-likeness (QED) is 0.420. The number of aromatic nitrogens is 3. The fraction of sp³-hybridized carbons (Fsp3) is 0.348. The highest BCUT2D eigenvalue weighted by molar-refractivity contribution is 7.99. The number of thioether (sulfide) groups is 1. The van der Waals surface area contributed by atoms with Gasteiger partial charge in [-0.05, 0) is 61.4 Å². The average Bonchev–Trinajstić information content (AvgIpc) is 3.49. The number of nitrogens with zero attached hydrogens (tertiary/aromatic N) is 3. The number of ether oxygens (including phenoxy) is 3. The van der Waals surface area contributed by atoms with E-state index < -0.39 is 6.61 Å². The van der Waals surface area contributed by atoms with Crippen LogP contribution in [0.15, 0.2) is 53.7 Å². The molecule has 1 aliphatic rings. The molecule has 1 fully saturated rings. The van der Waals surface area contributed by atoms with E-state index in [1.807, 2.05) is 28.8 Å². The van der Waals surface area contributed by atoms with Gasteiger partial charge in [-0.25, -0.2) is 0 Å². The first-order valence-corrected chi connectivity index (χ1v) is 11.7. The summed E-state index contributed by atoms with van der Waals surface area (Å²) in [4.78, 5) is 12.5. The maximum Gasteiger partial charge on any atom is 0.387 e. The standard InChI is InChI=1S/C23H24F2N4O4S/c1-31-17-8-4-15(5-9-17)21-27-28-23(29(21)13-19-3-2-12-32-19)34-14-20(30)26-16-6-10-18(11-7-16)33-22(24)25/h4-11,19,22H,2-3,12-14H2,1H3,(H,26,30)/t19-/m0/s1. The first-order valence-electron chi connectivity index (χ1n) is 10.7. The van der Waals surface area contributed by atoms with E-state index >= 15 is 0 Å². The molecule has 8 nitrogen and oxygen atoms in total. The molecule has 1 amide bonds. The summed E-state index contributed by atoms with van der Waals surface area (Å²) in [5, 5.41) is 12.0. The van der Waals surface area contributed by atoms with E-state index in [0.29, 0.717) is 23.2 Å². The molecule has 34 heavy (non-hydrogen) atoms. The number of alkyl halides is 2. The minimum atomic E-state index is -2.90. The average molecular weight is 491 g/mol. The Labute approximate surface area is 199 Å². The molecule has 0 aliphatic carbocycles. The first-order chi connectivity index (χ1) is 16.5. The fourth-order valence-electron chi connectivity index (χ4n) is 3.55. The third-order valence-electron chi connectivity index (χ3n) is 5.17. The van der Waals surface area contributed by atoms with Crippen molar-refractivity contribution < 1.29 is 27.8 Å². The van der Waals surface area contributed by atoms with Crippen LogP contribution in [0.2, 0.25) is 0 Å². The molecule has 0 saturated carbocycles. The Morgan fingerprint density at radius 2 is 1.91 bits per heavy atom. The number of hydrogen-bond acceptors (Lipinski definition) is 7. The van der Waals surface area contributed by atoms with Gasteiger partial charge in [-0.3, -0.25) is 9.36 Å². The van der Waals surface area contributed by atoms with Crippen LogP contribution >= 0.6 is 11.8 Å². The second-order valence-electron chi connectivity index (χ2n) is 7.52. The minimum Gasteiger partial charge on any atom is -0.497 e. The van der Waals surface area contributed by atoms with Crippen LogP contribution in [-0.2, 0) is 16.1 Å². The van der Waals surface area contributed by atoms with Crippen LogP contribution in [0, 0.1) is 0 Å². The summed E-state index contributed by atoms with van der Waals surface area (Å²) in [7, 11) is 1.61. The number of nitrogens with one attached hydrogen (secondary N) is 1. The van der Waals surface area contributed by atoms with Crippen molar-refractivity contribution >= 4 is 23.4 Å². The molecule has 0 radical (unpaired) electrons. The van der Waals surface area contributed by atoms with Crippen molar-refractivity contribution in [2.24, 2.45) is 0 Å². The molecule has 0 spiro atoms. The van der Waals surface area contributed by atoms with Crippen molar-refractivity contribution in [2.45, 2.75) is 37.3 Å². The van der Waals surface area contributed by atoms with Crippen LogP contribution in [-0.4, -0.2) is 52.9 Å². The van der Waals surface area contributed by atoms with Crippen LogP contribution in [0.3, 0.4) is 0 Å². The van der Waals surface area contributed by atoms with Crippen molar-refractivity contribution in [3.63, 3.8) is 0 Å². The van der Waals surface area contributed by atoms with Gasteiger partial charge in [-0.2, -0.15) is 8.78 Å². The highest BCUT2D eigenvalue weighted by atomic mass is 32.2. The molecule has 3 aromatic rings. The van der Waals surface area contributed by atoms with E-state index in [1.54, 1.807) is 7.11 Å². The van der Waals surface area contributed by atoms with E-state index in [0.717, 1.165) is 30.8 Å². The van der Waals surface area contributed by atoms with Gasteiger partial charge in [0, 0.05) is 17.9 Å². The molecule has 4 rings (SSSR count). The van der Waals surface area contributed by atoms with Gasteiger partial charge in [0.2, 0.25) is 5.91 Å². The Morgan fingerprint density at radius 1 is 1.18 bits per heavy atom. The van der Waals surface area contributed by atoms with Crippen molar-refractivity contribution in [1.82, 2.24) is 14.8 Å². The lowest BCUT2D eigenvalue weighted by atomic mass is 10.2. The van der Waals surface area contributed by atoms with Crippen LogP contribution in [0.1, 0.15) is 12.8 Å². The Bertz CT molecular complexity index is 1090. The topological polar surface area (TPSA) is 87.5 Å². The Kier molecular flexibility index (Phi) is 7.96. The number of anilines is 1. The van der Waals surface area contributed by atoms with Crippen molar-refractivity contribution in [1.29, 1.82) is 0 Å². The monoisotopic (exact) mass is 490 g/mol. The van der Waals surface area contributed by atoms with Gasteiger partial charge in [0.25, 0.3) is 0 Å². The van der Waals surface area contributed by atoms with E-state index in [2.05, 4.69) is 20.3 Å². The third kappa shape index (κ3) is 6.23. The van der Waals surface area contributed by atoms with E-state index in [-0.39, 0.29) is 23.5 Å². The number of methoxy groups -OCH3 is 1. The van der Waals surface area contributed by atoms with Gasteiger partial charge < -0.3 is 19.5 Å². The van der Waals surface area contributed by atoms with Crippen LogP contribution in [0.4, 0.5) is 14.5 Å². The van der Waals surface area contributed by atoms with E-state index in [1.165, 1.54) is 36.0 Å². The van der Waals surface area contributed by atoms with Gasteiger partial charge in [0.1, 0.15) is 11.5 Å². The molecule has 1 aromatic heterocycles. The summed E-state index contributed by atoms with van der Waals surface area (Å²) in [5.41, 5.74) is 1.36. The number of rotatable bonds is 10. The molecule has 0 unspecified atom stereocenters. The van der Waals surface area contributed by atoms with Crippen molar-refractivity contribution in [3.8, 4) is 22.9 Å². The van der Waals surface area contributed by atoms with E-state index in [4.69, 9.17) is 9.47 Å². The van der Waals surface area contributed by atoms with Crippen LogP contribution in [0.25, 0.3) is 11.4 Å². The first kappa shape index (κ1) is 24.0. The molecule has 2 heterocycles. The third-order valence-corrected chi connectivity index (χ3v) is 6.14. The number of carbonyl (C=O) groups excluding carboxylic acids is 1. The number of amides is 1. The second kappa shape index (κ2) is 11.3. The Balaban J connectivity index is 1.44. The molecule has 11 heteroatoms. The lowest BCUT2D eigenvalue weighted by Crippen LogP contribution is -2.18. The number of carbonyl (C=O) groups is 1. The maximum atomic E-state index is 12.5. The number of hydrogen-bond donors (Lipinski definition) is 1. The molecular formula is C23H24F2N4O4S. The molecule has 1 atom stereocenters. The van der Waals surface area contributed by atoms with Gasteiger partial charge in [0.15, 0.2) is 11.0 Å². The number of halogens is 2. The molecule has 180 valence electrons. The second-order valence-corrected chi connectivity index (χ2v) is 8.46. The SMILES string of the molecule is COc1ccc(-c2nnc(SCC(=O)Nc3ccc(OC(F)F)cc3)n2C[C@@H]2CCCO2)cc1. The predicted octanol–water partition coefficient (Wildman–Crippen LogP) is 4.46. The summed E-state index contributed by atoms with van der Waals surface area (Å²) in [6.45, 7) is -1.58. The van der Waals surface area contributed by atoms with Crippen molar-refractivity contribution in [3.05, 3.63) is 48.5 Å². The molecule has 1 N–H and O–H groups in total. The van der Waals surface area contributed by atoms with E-state index in [9.17, 15) is 13.6 Å². The molecule has 1 aliphatic heterocycles. The van der Waals surface area contributed by atoms with Gasteiger partial charge in [0.05, 0.1) is 25.5 Å². The lowest BCUT2D eigenvalue weighted by Gasteiger charge is -2.15. The summed E-state index contributed by atoms with van der Waals surface area (Å²) < 4.78 is 41.9. The fourth-order valence-corrected chi connectivity index (χ4v) is 4.30. The molecular weight excluding hydrogens is 466 g/mol. The Hall–Kier alpha value is -3.18. The summed E-state index contributed by atoms with van der Waals surface area (Å²) >= 11 is 1.27. The van der Waals surface area contributed by atoms with Crippen LogP contribution in [0.5, 0.6) is 11.5 Å². The zero-order valence-electron chi connectivity index (χ0n) is 18.4. The summed E-state index contributed by atoms with van der Waals surface area (Å²) in [6, 6.07) is 13.3. The summed E-state index contributed by atoms with van der Waals surface area (Å²) in [6.07, 6.45) is 2.03. The molecule has 1 saturated heterocycles. The largest absolute Gasteiger partial charge is 0.497 e. The van der Waals surface area contributed by atoms with Gasteiger partial charge >= 0.3 is 6.61 Å². The van der Waals surface area contributed by atoms with Crippen molar-refractivity contribution in [2.75, 3.05) is 24.8 Å². The smallest absolute Gasteiger partial charge is 0.387 e. The zero-order chi connectivity index (χ0) is 23.9. The van der Waals surface area contributed by atoms with Gasteiger partial charge in [-0.1, -0.05) is 11.8 Å². The maximum absolute atomic E-state index is 12.5.